The Balaban J connectivity index is 1.51. The molecule has 0 unspecified atom stereocenters. The molecule has 0 amide bonds. The summed E-state index contributed by atoms with van der Waals surface area (Å²) in [5.74, 6) is 0.956. The van der Waals surface area contributed by atoms with Gasteiger partial charge in [0.05, 0.1) is 28.5 Å². The number of nitrogens with one attached hydrogen (secondary N) is 2. The number of benzene rings is 1. The van der Waals surface area contributed by atoms with Gasteiger partial charge in [-0.25, -0.2) is 0 Å². The minimum atomic E-state index is -0.265. The first-order chi connectivity index (χ1) is 14.0. The fourth-order valence-electron chi connectivity index (χ4n) is 2.92. The van der Waals surface area contributed by atoms with Crippen molar-refractivity contribution in [2.24, 2.45) is 0 Å². The number of hydrogen-bond donors (Lipinski definition) is 2. The van der Waals surface area contributed by atoms with Crippen LogP contribution in [0.25, 0.3) is 10.9 Å². The quantitative estimate of drug-likeness (QED) is 0.516. The van der Waals surface area contributed by atoms with Gasteiger partial charge >= 0.3 is 6.01 Å². The molecule has 4 rings (SSSR count). The molecule has 0 aliphatic heterocycles. The van der Waals surface area contributed by atoms with Crippen molar-refractivity contribution in [3.05, 3.63) is 76.6 Å². The van der Waals surface area contributed by atoms with Crippen LogP contribution in [0, 0.1) is 6.92 Å². The number of hydrogen-bond acceptors (Lipinski definition) is 6. The summed E-state index contributed by atoms with van der Waals surface area (Å²) in [6.45, 7) is 6.24. The third-order valence-corrected chi connectivity index (χ3v) is 4.53. The Bertz CT molecular complexity index is 1220. The zero-order valence-electron chi connectivity index (χ0n) is 16.4. The summed E-state index contributed by atoms with van der Waals surface area (Å²) in [5.41, 5.74) is 4.10. The van der Waals surface area contributed by atoms with Crippen molar-refractivity contribution in [2.45, 2.75) is 26.7 Å². The van der Waals surface area contributed by atoms with Gasteiger partial charge in [-0.15, -0.1) is 0 Å². The number of aromatic amines is 1. The van der Waals surface area contributed by atoms with E-state index in [2.05, 4.69) is 39.1 Å². The number of pyridine rings is 2. The van der Waals surface area contributed by atoms with Crippen LogP contribution < -0.4 is 15.6 Å². The number of fused-ring (bicyclic) bond motifs is 1. The summed E-state index contributed by atoms with van der Waals surface area (Å²) in [6, 6.07) is 13.2. The van der Waals surface area contributed by atoms with Crippen LogP contribution in [0.1, 0.15) is 31.2 Å². The summed E-state index contributed by atoms with van der Waals surface area (Å²) in [5, 5.41) is 3.83. The topological polar surface area (TPSA) is 92.8 Å². The highest BCUT2D eigenvalue weighted by Gasteiger charge is 2.07. The van der Waals surface area contributed by atoms with Gasteiger partial charge in [-0.2, -0.15) is 4.98 Å². The SMILES string of the molecule is Cc1nc(C(C)C)ccc1Nc1ccc(Oc2nc3cnccc3c(=O)[nH]2)cc1. The summed E-state index contributed by atoms with van der Waals surface area (Å²) in [6.07, 6.45) is 3.09. The van der Waals surface area contributed by atoms with E-state index in [1.165, 1.54) is 6.20 Å². The summed E-state index contributed by atoms with van der Waals surface area (Å²) >= 11 is 0. The smallest absolute Gasteiger partial charge is 0.302 e. The van der Waals surface area contributed by atoms with Crippen LogP contribution in [0.3, 0.4) is 0 Å². The van der Waals surface area contributed by atoms with Crippen molar-refractivity contribution in [3.8, 4) is 11.8 Å². The lowest BCUT2D eigenvalue weighted by Crippen LogP contribution is -2.09. The number of aromatic nitrogens is 4. The predicted molar refractivity (Wildman–Crippen MR) is 113 cm³/mol. The van der Waals surface area contributed by atoms with Crippen molar-refractivity contribution >= 4 is 22.3 Å². The molecule has 3 aromatic heterocycles. The Hall–Kier alpha value is -3.74. The Morgan fingerprint density at radius 2 is 1.83 bits per heavy atom. The Morgan fingerprint density at radius 1 is 1.03 bits per heavy atom. The van der Waals surface area contributed by atoms with Crippen LogP contribution in [0.4, 0.5) is 11.4 Å². The van der Waals surface area contributed by atoms with Gasteiger partial charge < -0.3 is 10.1 Å². The van der Waals surface area contributed by atoms with Gasteiger partial charge in [0.1, 0.15) is 5.75 Å². The first kappa shape index (κ1) is 18.6. The Labute approximate surface area is 167 Å². The van der Waals surface area contributed by atoms with E-state index in [0.29, 0.717) is 22.6 Å². The van der Waals surface area contributed by atoms with Gasteiger partial charge in [0.2, 0.25) is 0 Å². The molecule has 0 aliphatic carbocycles. The molecule has 0 fully saturated rings. The van der Waals surface area contributed by atoms with E-state index in [1.807, 2.05) is 31.2 Å². The molecule has 0 aliphatic rings. The molecule has 0 bridgehead atoms. The van der Waals surface area contributed by atoms with Crippen molar-refractivity contribution in [2.75, 3.05) is 5.32 Å². The van der Waals surface area contributed by atoms with E-state index < -0.39 is 0 Å². The zero-order chi connectivity index (χ0) is 20.4. The highest BCUT2D eigenvalue weighted by atomic mass is 16.5. The van der Waals surface area contributed by atoms with Gasteiger partial charge in [0, 0.05) is 17.6 Å². The zero-order valence-corrected chi connectivity index (χ0v) is 16.4. The number of anilines is 2. The van der Waals surface area contributed by atoms with Crippen LogP contribution in [0.5, 0.6) is 11.8 Å². The molecule has 0 spiro atoms. The van der Waals surface area contributed by atoms with Crippen LogP contribution in [0.15, 0.2) is 59.7 Å². The molecular formula is C22H21N5O2. The van der Waals surface area contributed by atoms with E-state index in [1.54, 1.807) is 24.4 Å². The fraction of sp³-hybridized carbons (Fsp3) is 0.182. The van der Waals surface area contributed by atoms with E-state index in [0.717, 1.165) is 22.8 Å². The molecular weight excluding hydrogens is 366 g/mol. The minimum Gasteiger partial charge on any atom is -0.426 e. The largest absolute Gasteiger partial charge is 0.426 e. The standard InChI is InChI=1S/C22H21N5O2/c1-13(2)18-8-9-19(14(3)24-18)25-15-4-6-16(7-5-15)29-22-26-20-12-23-11-10-17(20)21(28)27-22/h4-13,25H,1-3H3,(H,26,27,28). The second kappa shape index (κ2) is 7.71. The molecule has 0 radical (unpaired) electrons. The molecule has 3 heterocycles. The molecule has 0 atom stereocenters. The van der Waals surface area contributed by atoms with Crippen LogP contribution in [-0.4, -0.2) is 19.9 Å². The van der Waals surface area contributed by atoms with Gasteiger partial charge in [-0.1, -0.05) is 13.8 Å². The van der Waals surface area contributed by atoms with Crippen molar-refractivity contribution in [1.29, 1.82) is 0 Å². The monoisotopic (exact) mass is 387 g/mol. The minimum absolute atomic E-state index is 0.125. The summed E-state index contributed by atoms with van der Waals surface area (Å²) in [7, 11) is 0. The average Bonchev–Trinajstić information content (AvgIpc) is 2.71. The predicted octanol–water partition coefficient (Wildman–Crippen LogP) is 4.68. The first-order valence-corrected chi connectivity index (χ1v) is 9.36. The molecule has 146 valence electrons. The first-order valence-electron chi connectivity index (χ1n) is 9.36. The van der Waals surface area contributed by atoms with Gasteiger partial charge in [0.25, 0.3) is 5.56 Å². The number of H-pyrrole nitrogens is 1. The van der Waals surface area contributed by atoms with Crippen molar-refractivity contribution in [1.82, 2.24) is 19.9 Å². The normalized spacial score (nSPS) is 11.0. The average molecular weight is 387 g/mol. The third kappa shape index (κ3) is 4.08. The number of rotatable bonds is 5. The number of nitrogens with zero attached hydrogens (tertiary/aromatic N) is 3. The molecule has 7 nitrogen and oxygen atoms in total. The second-order valence-corrected chi connectivity index (χ2v) is 7.04. The molecule has 1 aromatic carbocycles. The summed E-state index contributed by atoms with van der Waals surface area (Å²) < 4.78 is 5.70. The van der Waals surface area contributed by atoms with Crippen LogP contribution in [0.2, 0.25) is 0 Å². The maximum absolute atomic E-state index is 12.1. The highest BCUT2D eigenvalue weighted by molar-refractivity contribution is 5.76. The van der Waals surface area contributed by atoms with Crippen molar-refractivity contribution < 1.29 is 4.74 Å². The third-order valence-electron chi connectivity index (χ3n) is 4.53. The lowest BCUT2D eigenvalue weighted by atomic mass is 10.1. The lowest BCUT2D eigenvalue weighted by Gasteiger charge is -2.12. The Morgan fingerprint density at radius 3 is 2.55 bits per heavy atom. The fourth-order valence-corrected chi connectivity index (χ4v) is 2.92. The number of ether oxygens (including phenoxy) is 1. The van der Waals surface area contributed by atoms with Gasteiger partial charge in [-0.3, -0.25) is 19.7 Å². The molecule has 29 heavy (non-hydrogen) atoms. The maximum atomic E-state index is 12.1. The molecule has 0 saturated carbocycles. The van der Waals surface area contributed by atoms with Gasteiger partial charge in [0.15, 0.2) is 0 Å². The molecule has 4 aromatic rings. The van der Waals surface area contributed by atoms with E-state index >= 15 is 0 Å². The van der Waals surface area contributed by atoms with E-state index in [-0.39, 0.29) is 11.6 Å². The maximum Gasteiger partial charge on any atom is 0.302 e. The highest BCUT2D eigenvalue weighted by Crippen LogP contribution is 2.25. The van der Waals surface area contributed by atoms with E-state index in [9.17, 15) is 4.79 Å². The van der Waals surface area contributed by atoms with Crippen LogP contribution in [-0.2, 0) is 0 Å². The molecule has 7 heteroatoms. The summed E-state index contributed by atoms with van der Waals surface area (Å²) in [4.78, 5) is 27.7. The number of aryl methyl sites for hydroxylation is 1. The van der Waals surface area contributed by atoms with Crippen LogP contribution >= 0.6 is 0 Å². The second-order valence-electron chi connectivity index (χ2n) is 7.04. The van der Waals surface area contributed by atoms with Crippen molar-refractivity contribution in [3.63, 3.8) is 0 Å². The molecule has 0 saturated heterocycles. The molecule has 2 N–H and O–H groups in total. The van der Waals surface area contributed by atoms with E-state index in [4.69, 9.17) is 4.74 Å². The lowest BCUT2D eigenvalue weighted by molar-refractivity contribution is 0.443. The van der Waals surface area contributed by atoms with Gasteiger partial charge in [-0.05, 0) is 55.3 Å². The Kier molecular flexibility index (Phi) is 4.95.